The average Bonchev–Trinajstić information content (AvgIpc) is 1.99. The van der Waals surface area contributed by atoms with Gasteiger partial charge in [0.15, 0.2) is 0 Å². The average molecular weight is 216 g/mol. The van der Waals surface area contributed by atoms with Crippen LogP contribution < -0.4 is 11.1 Å². The van der Waals surface area contributed by atoms with Crippen LogP contribution in [0.15, 0.2) is 0 Å². The predicted molar refractivity (Wildman–Crippen MR) is 52.6 cm³/mol. The molecular weight excluding hydrogens is 200 g/mol. The van der Waals surface area contributed by atoms with Crippen LogP contribution in [0, 0.1) is 0 Å². The molecule has 3 N–H and O–H groups in total. The summed E-state index contributed by atoms with van der Waals surface area (Å²) in [5.41, 5.74) is 4.94. The van der Waals surface area contributed by atoms with Gasteiger partial charge in [0.05, 0.1) is 12.5 Å². The number of carbonyl (C=O) groups excluding carboxylic acids is 3. The smallest absolute Gasteiger partial charge is 0.329 e. The zero-order valence-corrected chi connectivity index (χ0v) is 9.07. The molecule has 6 heteroatoms. The van der Waals surface area contributed by atoms with E-state index in [0.29, 0.717) is 0 Å². The first kappa shape index (κ1) is 13.4. The summed E-state index contributed by atoms with van der Waals surface area (Å²) in [5, 5.41) is 2.30. The maximum absolute atomic E-state index is 11.4. The fourth-order valence-corrected chi connectivity index (χ4v) is 0.954. The second-order valence-electron chi connectivity index (χ2n) is 3.41. The van der Waals surface area contributed by atoms with Gasteiger partial charge < -0.3 is 15.8 Å². The van der Waals surface area contributed by atoms with Crippen molar-refractivity contribution in [3.8, 4) is 0 Å². The molecule has 0 aromatic carbocycles. The van der Waals surface area contributed by atoms with Gasteiger partial charge in [-0.3, -0.25) is 9.59 Å². The maximum atomic E-state index is 11.4. The molecule has 1 atom stereocenters. The number of nitrogens with one attached hydrogen (secondary N) is 1. The molecule has 0 saturated heterocycles. The summed E-state index contributed by atoms with van der Waals surface area (Å²) in [6.07, 6.45) is -0.563. The summed E-state index contributed by atoms with van der Waals surface area (Å²) in [4.78, 5) is 32.8. The van der Waals surface area contributed by atoms with Gasteiger partial charge in [-0.2, -0.15) is 0 Å². The third kappa shape index (κ3) is 6.48. The van der Waals surface area contributed by atoms with Crippen molar-refractivity contribution < 1.29 is 19.1 Å². The fourth-order valence-electron chi connectivity index (χ4n) is 0.954. The van der Waals surface area contributed by atoms with E-state index in [1.165, 1.54) is 6.92 Å². The number of hydrogen-bond donors (Lipinski definition) is 2. The van der Waals surface area contributed by atoms with Gasteiger partial charge in [-0.15, -0.1) is 0 Å². The van der Waals surface area contributed by atoms with Crippen LogP contribution in [-0.4, -0.2) is 29.9 Å². The molecule has 0 radical (unpaired) electrons. The molecule has 0 aliphatic heterocycles. The summed E-state index contributed by atoms with van der Waals surface area (Å²) in [7, 11) is 0. The molecule has 0 saturated carbocycles. The Morgan fingerprint density at radius 1 is 1.33 bits per heavy atom. The summed E-state index contributed by atoms with van der Waals surface area (Å²) >= 11 is 0. The highest BCUT2D eigenvalue weighted by molar-refractivity contribution is 5.88. The van der Waals surface area contributed by atoms with Crippen LogP contribution >= 0.6 is 0 Å². The first-order valence-corrected chi connectivity index (χ1v) is 4.58. The minimum absolute atomic E-state index is 0.259. The Morgan fingerprint density at radius 2 is 1.87 bits per heavy atom. The second kappa shape index (κ2) is 6.00. The van der Waals surface area contributed by atoms with E-state index < -0.39 is 23.8 Å². The number of carbonyl (C=O) groups is 3. The number of ether oxygens (including phenoxy) is 1. The van der Waals surface area contributed by atoms with Gasteiger partial charge >= 0.3 is 5.97 Å². The summed E-state index contributed by atoms with van der Waals surface area (Å²) in [6.45, 7) is 4.59. The van der Waals surface area contributed by atoms with E-state index in [9.17, 15) is 14.4 Å². The van der Waals surface area contributed by atoms with E-state index in [1.807, 2.05) is 0 Å². The van der Waals surface area contributed by atoms with Gasteiger partial charge in [-0.1, -0.05) is 0 Å². The van der Waals surface area contributed by atoms with Gasteiger partial charge in [-0.05, 0) is 13.8 Å². The van der Waals surface area contributed by atoms with Gasteiger partial charge in [-0.25, -0.2) is 4.79 Å². The lowest BCUT2D eigenvalue weighted by Gasteiger charge is -2.16. The van der Waals surface area contributed by atoms with Crippen LogP contribution in [0.25, 0.3) is 0 Å². The van der Waals surface area contributed by atoms with Gasteiger partial charge in [0, 0.05) is 6.92 Å². The molecule has 2 amide bonds. The third-order valence-electron chi connectivity index (χ3n) is 1.42. The van der Waals surface area contributed by atoms with E-state index >= 15 is 0 Å². The van der Waals surface area contributed by atoms with Crippen molar-refractivity contribution in [1.82, 2.24) is 5.32 Å². The van der Waals surface area contributed by atoms with Gasteiger partial charge in [0.2, 0.25) is 11.8 Å². The van der Waals surface area contributed by atoms with Crippen LogP contribution in [0.1, 0.15) is 27.2 Å². The lowest BCUT2D eigenvalue weighted by atomic mass is 10.2. The Balaban J connectivity index is 4.40. The van der Waals surface area contributed by atoms with E-state index in [2.05, 4.69) is 5.32 Å². The van der Waals surface area contributed by atoms with Crippen molar-refractivity contribution >= 4 is 17.8 Å². The molecule has 15 heavy (non-hydrogen) atoms. The summed E-state index contributed by atoms with van der Waals surface area (Å²) in [5.74, 6) is -1.74. The van der Waals surface area contributed by atoms with Crippen molar-refractivity contribution in [3.05, 3.63) is 0 Å². The van der Waals surface area contributed by atoms with Crippen LogP contribution in [0.5, 0.6) is 0 Å². The first-order valence-electron chi connectivity index (χ1n) is 4.58. The highest BCUT2D eigenvalue weighted by Crippen LogP contribution is 1.99. The van der Waals surface area contributed by atoms with Crippen LogP contribution in [0.2, 0.25) is 0 Å². The lowest BCUT2D eigenvalue weighted by molar-refractivity contribution is -0.152. The van der Waals surface area contributed by atoms with Crippen molar-refractivity contribution in [3.63, 3.8) is 0 Å². The van der Waals surface area contributed by atoms with Gasteiger partial charge in [0.1, 0.15) is 6.04 Å². The van der Waals surface area contributed by atoms with Crippen LogP contribution in [-0.2, 0) is 19.1 Å². The Bertz CT molecular complexity index is 247. The number of rotatable bonds is 5. The molecule has 0 aromatic rings. The quantitative estimate of drug-likeness (QED) is 0.595. The Morgan fingerprint density at radius 3 is 2.20 bits per heavy atom. The highest BCUT2D eigenvalue weighted by atomic mass is 16.5. The topological polar surface area (TPSA) is 98.5 Å². The van der Waals surface area contributed by atoms with Crippen molar-refractivity contribution in [1.29, 1.82) is 0 Å². The number of hydrogen-bond acceptors (Lipinski definition) is 4. The molecule has 86 valence electrons. The Labute approximate surface area is 88.1 Å². The van der Waals surface area contributed by atoms with E-state index in [-0.39, 0.29) is 12.5 Å². The number of amides is 2. The molecule has 0 aliphatic rings. The Kier molecular flexibility index (Phi) is 5.36. The third-order valence-corrected chi connectivity index (χ3v) is 1.42. The number of primary amides is 1. The first-order chi connectivity index (χ1) is 6.82. The number of esters is 1. The molecule has 0 aliphatic carbocycles. The SMILES string of the molecule is CC(=O)NC(CC(N)=O)C(=O)OC(C)C. The molecular formula is C9H16N2O4. The Hall–Kier alpha value is -1.59. The zero-order chi connectivity index (χ0) is 12.0. The van der Waals surface area contributed by atoms with Gasteiger partial charge in [0.25, 0.3) is 0 Å². The molecule has 1 unspecified atom stereocenters. The lowest BCUT2D eigenvalue weighted by Crippen LogP contribution is -2.44. The van der Waals surface area contributed by atoms with Crippen LogP contribution in [0.4, 0.5) is 0 Å². The van der Waals surface area contributed by atoms with E-state index in [0.717, 1.165) is 0 Å². The molecule has 0 heterocycles. The van der Waals surface area contributed by atoms with Crippen molar-refractivity contribution in [2.24, 2.45) is 5.73 Å². The highest BCUT2D eigenvalue weighted by Gasteiger charge is 2.23. The molecule has 0 rings (SSSR count). The normalized spacial score (nSPS) is 12.0. The monoisotopic (exact) mass is 216 g/mol. The standard InChI is InChI=1S/C9H16N2O4/c1-5(2)15-9(14)7(4-8(10)13)11-6(3)12/h5,7H,4H2,1-3H3,(H2,10,13)(H,11,12). The molecule has 0 spiro atoms. The van der Waals surface area contributed by atoms with Crippen LogP contribution in [0.3, 0.4) is 0 Å². The summed E-state index contributed by atoms with van der Waals surface area (Å²) in [6, 6.07) is -0.998. The minimum atomic E-state index is -0.998. The molecule has 6 nitrogen and oxygen atoms in total. The fraction of sp³-hybridized carbons (Fsp3) is 0.667. The van der Waals surface area contributed by atoms with Crippen molar-refractivity contribution in [2.75, 3.05) is 0 Å². The molecule has 0 bridgehead atoms. The maximum Gasteiger partial charge on any atom is 0.329 e. The largest absolute Gasteiger partial charge is 0.461 e. The minimum Gasteiger partial charge on any atom is -0.461 e. The van der Waals surface area contributed by atoms with E-state index in [4.69, 9.17) is 10.5 Å². The zero-order valence-electron chi connectivity index (χ0n) is 9.07. The molecule has 0 fully saturated rings. The second-order valence-corrected chi connectivity index (χ2v) is 3.41. The van der Waals surface area contributed by atoms with Crippen molar-refractivity contribution in [2.45, 2.75) is 39.3 Å². The predicted octanol–water partition coefficient (Wildman–Crippen LogP) is -0.682. The molecule has 0 aromatic heterocycles. The number of nitrogens with two attached hydrogens (primary N) is 1. The van der Waals surface area contributed by atoms with E-state index in [1.54, 1.807) is 13.8 Å². The summed E-state index contributed by atoms with van der Waals surface area (Å²) < 4.78 is 4.85.